The van der Waals surface area contributed by atoms with E-state index in [0.29, 0.717) is 0 Å². The molecular weight excluding hydrogens is 252 g/mol. The third-order valence-electron chi connectivity index (χ3n) is 2.61. The van der Waals surface area contributed by atoms with Crippen LogP contribution in [0.15, 0.2) is 24.8 Å². The van der Waals surface area contributed by atoms with Crippen molar-refractivity contribution in [2.24, 2.45) is 0 Å². The fourth-order valence-corrected chi connectivity index (χ4v) is 1.39. The van der Waals surface area contributed by atoms with E-state index in [0.717, 1.165) is 12.8 Å². The Morgan fingerprint density at radius 1 is 1.05 bits per heavy atom. The molecule has 3 atom stereocenters. The van der Waals surface area contributed by atoms with Gasteiger partial charge in [-0.1, -0.05) is 62.8 Å². The topological polar surface area (TPSA) is 60.7 Å². The lowest BCUT2D eigenvalue weighted by molar-refractivity contribution is 0.0868. The molecule has 0 spiro atoms. The van der Waals surface area contributed by atoms with E-state index in [2.05, 4.69) is 37.2 Å². The van der Waals surface area contributed by atoms with Crippen LogP contribution < -0.4 is 0 Å². The summed E-state index contributed by atoms with van der Waals surface area (Å²) in [6.45, 7) is 5.52. The van der Waals surface area contributed by atoms with Crippen molar-refractivity contribution in [1.82, 2.24) is 0 Å². The van der Waals surface area contributed by atoms with Crippen LogP contribution in [0.1, 0.15) is 39.0 Å². The van der Waals surface area contributed by atoms with Gasteiger partial charge >= 0.3 is 0 Å². The van der Waals surface area contributed by atoms with Gasteiger partial charge in [-0.05, 0) is 24.7 Å². The minimum atomic E-state index is -1.17. The Balaban J connectivity index is 4.04. The number of aliphatic hydroxyl groups is 3. The number of hydrogen-bond donors (Lipinski definition) is 3. The van der Waals surface area contributed by atoms with E-state index in [1.54, 1.807) is 6.08 Å². The molecule has 0 amide bonds. The molecule has 110 valence electrons. The summed E-state index contributed by atoms with van der Waals surface area (Å²) in [5.74, 6) is 9.58. The molecule has 0 radical (unpaired) electrons. The summed E-state index contributed by atoms with van der Waals surface area (Å²) in [6.07, 6.45) is 7.16. The second kappa shape index (κ2) is 12.5. The van der Waals surface area contributed by atoms with Gasteiger partial charge in [-0.2, -0.15) is 0 Å². The molecule has 3 heteroatoms. The van der Waals surface area contributed by atoms with E-state index >= 15 is 0 Å². The molecule has 0 saturated heterocycles. The largest absolute Gasteiger partial charge is 0.385 e. The highest BCUT2D eigenvalue weighted by Gasteiger charge is 2.08. The van der Waals surface area contributed by atoms with Crippen LogP contribution in [0.4, 0.5) is 0 Å². The summed E-state index contributed by atoms with van der Waals surface area (Å²) in [4.78, 5) is 0. The molecule has 3 N–H and O–H groups in total. The van der Waals surface area contributed by atoms with Crippen molar-refractivity contribution < 1.29 is 15.3 Å². The molecule has 0 fully saturated rings. The van der Waals surface area contributed by atoms with E-state index in [-0.39, 0.29) is 0 Å². The first-order valence-corrected chi connectivity index (χ1v) is 6.96. The molecule has 3 unspecified atom stereocenters. The fourth-order valence-electron chi connectivity index (χ4n) is 1.39. The normalized spacial score (nSPS) is 14.6. The number of rotatable bonds is 8. The third-order valence-corrected chi connectivity index (χ3v) is 2.61. The van der Waals surface area contributed by atoms with E-state index < -0.39 is 18.3 Å². The monoisotopic (exact) mass is 276 g/mol. The number of aliphatic hydroxyl groups excluding tert-OH is 3. The molecule has 0 aromatic heterocycles. The molecule has 0 rings (SSSR count). The van der Waals surface area contributed by atoms with Crippen molar-refractivity contribution in [2.45, 2.75) is 57.3 Å². The van der Waals surface area contributed by atoms with Crippen molar-refractivity contribution >= 4 is 0 Å². The van der Waals surface area contributed by atoms with Gasteiger partial charge in [0.15, 0.2) is 0 Å². The Hall–Kier alpha value is -1.52. The predicted octanol–water partition coefficient (Wildman–Crippen LogP) is 1.79. The maximum atomic E-state index is 9.62. The SMILES string of the molecule is C=CC(O)C#CC#CC(O)C(O)C=CCCCCCC. The summed E-state index contributed by atoms with van der Waals surface area (Å²) in [7, 11) is 0. The summed E-state index contributed by atoms with van der Waals surface area (Å²) < 4.78 is 0. The van der Waals surface area contributed by atoms with Crippen LogP contribution >= 0.6 is 0 Å². The molecule has 0 aliphatic heterocycles. The highest BCUT2D eigenvalue weighted by Crippen LogP contribution is 2.04. The standard InChI is InChI=1S/C17H24O3/c1-3-5-6-7-8-9-13-16(19)17(20)14-11-10-12-15(18)4-2/h4,9,13,15-20H,2-3,5-8H2,1H3. The molecule has 0 heterocycles. The van der Waals surface area contributed by atoms with Crippen LogP contribution in [-0.2, 0) is 0 Å². The Labute approximate surface area is 122 Å². The van der Waals surface area contributed by atoms with Crippen LogP contribution in [0.3, 0.4) is 0 Å². The minimum absolute atomic E-state index is 0.891. The van der Waals surface area contributed by atoms with E-state index in [1.165, 1.54) is 25.3 Å². The molecule has 0 aromatic rings. The molecule has 0 aliphatic carbocycles. The van der Waals surface area contributed by atoms with Crippen LogP contribution in [0, 0.1) is 23.7 Å². The smallest absolute Gasteiger partial charge is 0.145 e. The highest BCUT2D eigenvalue weighted by molar-refractivity contribution is 5.30. The first kappa shape index (κ1) is 18.5. The van der Waals surface area contributed by atoms with Gasteiger partial charge in [0, 0.05) is 0 Å². The summed E-state index contributed by atoms with van der Waals surface area (Å²) in [5, 5.41) is 28.2. The number of hydrogen-bond acceptors (Lipinski definition) is 3. The maximum Gasteiger partial charge on any atom is 0.145 e. The second-order valence-corrected chi connectivity index (χ2v) is 4.43. The van der Waals surface area contributed by atoms with Crippen LogP contribution in [0.25, 0.3) is 0 Å². The van der Waals surface area contributed by atoms with Crippen molar-refractivity contribution in [1.29, 1.82) is 0 Å². The van der Waals surface area contributed by atoms with Gasteiger partial charge in [0.2, 0.25) is 0 Å². The van der Waals surface area contributed by atoms with Crippen molar-refractivity contribution in [3.05, 3.63) is 24.8 Å². The average Bonchev–Trinajstić information content (AvgIpc) is 2.46. The lowest BCUT2D eigenvalue weighted by Crippen LogP contribution is -2.21. The van der Waals surface area contributed by atoms with Crippen LogP contribution in [0.2, 0.25) is 0 Å². The van der Waals surface area contributed by atoms with Crippen molar-refractivity contribution in [3.63, 3.8) is 0 Å². The van der Waals surface area contributed by atoms with Gasteiger partial charge in [-0.3, -0.25) is 0 Å². The number of allylic oxidation sites excluding steroid dienone is 1. The van der Waals surface area contributed by atoms with Crippen molar-refractivity contribution in [2.75, 3.05) is 0 Å². The van der Waals surface area contributed by atoms with Crippen molar-refractivity contribution in [3.8, 4) is 23.7 Å². The van der Waals surface area contributed by atoms with Crippen LogP contribution in [0.5, 0.6) is 0 Å². The Morgan fingerprint density at radius 2 is 1.75 bits per heavy atom. The molecule has 0 bridgehead atoms. The van der Waals surface area contributed by atoms with E-state index in [4.69, 9.17) is 5.11 Å². The van der Waals surface area contributed by atoms with Gasteiger partial charge < -0.3 is 15.3 Å². The zero-order chi connectivity index (χ0) is 15.2. The third kappa shape index (κ3) is 10.4. The molecule has 0 aliphatic rings. The fraction of sp³-hybridized carbons (Fsp3) is 0.529. The zero-order valence-corrected chi connectivity index (χ0v) is 12.0. The number of unbranched alkanes of at least 4 members (excludes halogenated alkanes) is 4. The van der Waals surface area contributed by atoms with Crippen LogP contribution in [-0.4, -0.2) is 33.6 Å². The summed E-state index contributed by atoms with van der Waals surface area (Å²) in [5.41, 5.74) is 0. The molecular formula is C17H24O3. The Kier molecular flexibility index (Phi) is 11.6. The average molecular weight is 276 g/mol. The molecule has 0 aromatic carbocycles. The van der Waals surface area contributed by atoms with Gasteiger partial charge in [0.05, 0.1) is 0 Å². The van der Waals surface area contributed by atoms with E-state index in [1.807, 2.05) is 6.08 Å². The lowest BCUT2D eigenvalue weighted by atomic mass is 10.1. The first-order valence-electron chi connectivity index (χ1n) is 6.96. The molecule has 0 saturated carbocycles. The predicted molar refractivity (Wildman–Crippen MR) is 81.7 cm³/mol. The summed E-state index contributed by atoms with van der Waals surface area (Å²) in [6, 6.07) is 0. The molecule has 20 heavy (non-hydrogen) atoms. The Morgan fingerprint density at radius 3 is 2.40 bits per heavy atom. The van der Waals surface area contributed by atoms with Gasteiger partial charge in [0.25, 0.3) is 0 Å². The summed E-state index contributed by atoms with van der Waals surface area (Å²) >= 11 is 0. The van der Waals surface area contributed by atoms with Gasteiger partial charge in [0.1, 0.15) is 18.3 Å². The second-order valence-electron chi connectivity index (χ2n) is 4.43. The zero-order valence-electron chi connectivity index (χ0n) is 12.0. The highest BCUT2D eigenvalue weighted by atomic mass is 16.3. The van der Waals surface area contributed by atoms with Gasteiger partial charge in [-0.25, -0.2) is 0 Å². The Bertz CT molecular complexity index is 403. The lowest BCUT2D eigenvalue weighted by Gasteiger charge is -2.06. The minimum Gasteiger partial charge on any atom is -0.385 e. The quantitative estimate of drug-likeness (QED) is 0.360. The maximum absolute atomic E-state index is 9.62. The van der Waals surface area contributed by atoms with E-state index in [9.17, 15) is 10.2 Å². The first-order chi connectivity index (χ1) is 9.61. The van der Waals surface area contributed by atoms with Gasteiger partial charge in [-0.15, -0.1) is 0 Å². The molecule has 3 nitrogen and oxygen atoms in total.